The number of nitrogens with one attached hydrogen (secondary N) is 1. The van der Waals surface area contributed by atoms with Crippen molar-refractivity contribution in [2.24, 2.45) is 0 Å². The van der Waals surface area contributed by atoms with E-state index in [1.165, 1.54) is 11.3 Å². The van der Waals surface area contributed by atoms with Crippen LogP contribution in [0.4, 0.5) is 5.69 Å². The van der Waals surface area contributed by atoms with Gasteiger partial charge in [0.1, 0.15) is 4.88 Å². The van der Waals surface area contributed by atoms with E-state index in [0.717, 1.165) is 48.6 Å². The highest BCUT2D eigenvalue weighted by Crippen LogP contribution is 2.25. The Labute approximate surface area is 152 Å². The molecule has 1 N–H and O–H groups in total. The lowest BCUT2D eigenvalue weighted by Crippen LogP contribution is -2.28. The van der Waals surface area contributed by atoms with Crippen LogP contribution in [0.2, 0.25) is 0 Å². The van der Waals surface area contributed by atoms with Gasteiger partial charge in [0, 0.05) is 24.3 Å². The molecule has 6 heteroatoms. The fraction of sp³-hybridized carbons (Fsp3) is 0.421. The second-order valence-corrected chi connectivity index (χ2v) is 7.39. The smallest absolute Gasteiger partial charge is 0.267 e. The number of aryl methyl sites for hydroxylation is 2. The van der Waals surface area contributed by atoms with Crippen LogP contribution in [0.25, 0.3) is 0 Å². The molecule has 0 saturated carbocycles. The van der Waals surface area contributed by atoms with Gasteiger partial charge in [-0.05, 0) is 50.8 Å². The average molecular weight is 357 g/mol. The second-order valence-electron chi connectivity index (χ2n) is 6.31. The third-order valence-corrected chi connectivity index (χ3v) is 5.86. The molecule has 2 aromatic rings. The molecular formula is C19H23N3O2S. The van der Waals surface area contributed by atoms with E-state index in [1.54, 1.807) is 0 Å². The lowest BCUT2D eigenvalue weighted by Gasteiger charge is -2.18. The molecule has 132 valence electrons. The number of carbonyl (C=O) groups is 2. The van der Waals surface area contributed by atoms with Crippen LogP contribution in [-0.4, -0.2) is 34.8 Å². The van der Waals surface area contributed by atoms with Crippen LogP contribution in [0.5, 0.6) is 0 Å². The molecule has 1 aromatic heterocycles. The molecule has 0 atom stereocenters. The normalized spacial score (nSPS) is 14.0. The van der Waals surface area contributed by atoms with Gasteiger partial charge in [-0.2, -0.15) is 0 Å². The van der Waals surface area contributed by atoms with Crippen molar-refractivity contribution in [3.8, 4) is 0 Å². The van der Waals surface area contributed by atoms with Crippen molar-refractivity contribution in [3.63, 3.8) is 0 Å². The minimum Gasteiger partial charge on any atom is -0.339 e. The summed E-state index contributed by atoms with van der Waals surface area (Å²) in [6, 6.07) is 5.49. The Morgan fingerprint density at radius 2 is 1.96 bits per heavy atom. The Hall–Kier alpha value is -2.21. The lowest BCUT2D eigenvalue weighted by molar-refractivity contribution is 0.0791. The summed E-state index contributed by atoms with van der Waals surface area (Å²) >= 11 is 1.43. The van der Waals surface area contributed by atoms with E-state index in [-0.39, 0.29) is 11.8 Å². The molecule has 0 unspecified atom stereocenters. The Kier molecular flexibility index (Phi) is 5.18. The number of aromatic nitrogens is 1. The van der Waals surface area contributed by atoms with Gasteiger partial charge in [0.2, 0.25) is 0 Å². The maximum Gasteiger partial charge on any atom is 0.267 e. The molecular weight excluding hydrogens is 334 g/mol. The van der Waals surface area contributed by atoms with Crippen molar-refractivity contribution in [2.75, 3.05) is 18.4 Å². The van der Waals surface area contributed by atoms with Gasteiger partial charge in [-0.1, -0.05) is 13.0 Å². The fourth-order valence-corrected chi connectivity index (χ4v) is 3.99. The zero-order valence-electron chi connectivity index (χ0n) is 14.9. The van der Waals surface area contributed by atoms with Gasteiger partial charge in [-0.15, -0.1) is 11.3 Å². The number of amides is 2. The highest BCUT2D eigenvalue weighted by Gasteiger charge is 2.22. The number of anilines is 1. The fourth-order valence-electron chi connectivity index (χ4n) is 3.09. The van der Waals surface area contributed by atoms with Crippen LogP contribution in [0, 0.1) is 13.8 Å². The van der Waals surface area contributed by atoms with Crippen LogP contribution < -0.4 is 5.32 Å². The van der Waals surface area contributed by atoms with E-state index in [9.17, 15) is 9.59 Å². The number of benzene rings is 1. The van der Waals surface area contributed by atoms with Crippen LogP contribution >= 0.6 is 11.3 Å². The molecule has 1 aliphatic rings. The minimum absolute atomic E-state index is 0.0494. The van der Waals surface area contributed by atoms with Gasteiger partial charge in [0.05, 0.1) is 10.7 Å². The standard InChI is InChI=1S/C19H23N3O2S/c1-4-16-20-13(3)17(25-16)18(23)21-15-9-7-8-14(12(15)2)19(24)22-10-5-6-11-22/h7-9H,4-6,10-11H2,1-3H3,(H,21,23). The summed E-state index contributed by atoms with van der Waals surface area (Å²) in [6.45, 7) is 7.39. The van der Waals surface area contributed by atoms with E-state index < -0.39 is 0 Å². The molecule has 0 radical (unpaired) electrons. The van der Waals surface area contributed by atoms with Gasteiger partial charge in [-0.25, -0.2) is 4.98 Å². The van der Waals surface area contributed by atoms with Crippen molar-refractivity contribution in [1.29, 1.82) is 0 Å². The molecule has 1 aromatic carbocycles. The first-order valence-electron chi connectivity index (χ1n) is 8.67. The summed E-state index contributed by atoms with van der Waals surface area (Å²) in [5, 5.41) is 3.91. The van der Waals surface area contributed by atoms with Crippen molar-refractivity contribution in [2.45, 2.75) is 40.0 Å². The average Bonchev–Trinajstić information content (AvgIpc) is 3.25. The molecule has 0 spiro atoms. The van der Waals surface area contributed by atoms with Crippen LogP contribution in [-0.2, 0) is 6.42 Å². The monoisotopic (exact) mass is 357 g/mol. The quantitative estimate of drug-likeness (QED) is 0.905. The van der Waals surface area contributed by atoms with E-state index in [0.29, 0.717) is 16.1 Å². The summed E-state index contributed by atoms with van der Waals surface area (Å²) < 4.78 is 0. The molecule has 3 rings (SSSR count). The van der Waals surface area contributed by atoms with Gasteiger partial charge in [-0.3, -0.25) is 9.59 Å². The maximum absolute atomic E-state index is 12.7. The van der Waals surface area contributed by atoms with Gasteiger partial charge in [0.15, 0.2) is 0 Å². The van der Waals surface area contributed by atoms with E-state index in [4.69, 9.17) is 0 Å². The van der Waals surface area contributed by atoms with Crippen molar-refractivity contribution >= 4 is 28.8 Å². The topological polar surface area (TPSA) is 62.3 Å². The van der Waals surface area contributed by atoms with E-state index in [2.05, 4.69) is 10.3 Å². The van der Waals surface area contributed by atoms with Crippen molar-refractivity contribution < 1.29 is 9.59 Å². The molecule has 1 aliphatic heterocycles. The molecule has 0 aliphatic carbocycles. The predicted molar refractivity (Wildman–Crippen MR) is 100 cm³/mol. The summed E-state index contributed by atoms with van der Waals surface area (Å²) in [5.41, 5.74) is 2.91. The molecule has 1 saturated heterocycles. The maximum atomic E-state index is 12.7. The number of hydrogen-bond acceptors (Lipinski definition) is 4. The van der Waals surface area contributed by atoms with Crippen LogP contribution in [0.15, 0.2) is 18.2 Å². The van der Waals surface area contributed by atoms with Crippen molar-refractivity contribution in [1.82, 2.24) is 9.88 Å². The van der Waals surface area contributed by atoms with Crippen molar-refractivity contribution in [3.05, 3.63) is 44.9 Å². The van der Waals surface area contributed by atoms with Gasteiger partial charge >= 0.3 is 0 Å². The number of rotatable bonds is 4. The summed E-state index contributed by atoms with van der Waals surface area (Å²) in [4.78, 5) is 32.2. The molecule has 1 fully saturated rings. The molecule has 5 nitrogen and oxygen atoms in total. The SMILES string of the molecule is CCc1nc(C)c(C(=O)Nc2cccc(C(=O)N3CCCC3)c2C)s1. The zero-order chi connectivity index (χ0) is 18.0. The summed E-state index contributed by atoms with van der Waals surface area (Å²) in [7, 11) is 0. The number of likely N-dealkylation sites (tertiary alicyclic amines) is 1. The Morgan fingerprint density at radius 3 is 2.60 bits per heavy atom. The second kappa shape index (κ2) is 7.35. The molecule has 2 amide bonds. The molecule has 0 bridgehead atoms. The Morgan fingerprint density at radius 1 is 1.24 bits per heavy atom. The Balaban J connectivity index is 1.83. The van der Waals surface area contributed by atoms with Gasteiger partial charge in [0.25, 0.3) is 11.8 Å². The van der Waals surface area contributed by atoms with E-state index in [1.807, 2.05) is 43.9 Å². The first kappa shape index (κ1) is 17.6. The zero-order valence-corrected chi connectivity index (χ0v) is 15.7. The highest BCUT2D eigenvalue weighted by atomic mass is 32.1. The number of thiazole rings is 1. The van der Waals surface area contributed by atoms with E-state index >= 15 is 0 Å². The third-order valence-electron chi connectivity index (χ3n) is 4.56. The molecule has 2 heterocycles. The first-order valence-corrected chi connectivity index (χ1v) is 9.49. The summed E-state index contributed by atoms with van der Waals surface area (Å²) in [5.74, 6) is -0.114. The van der Waals surface area contributed by atoms with Gasteiger partial charge < -0.3 is 10.2 Å². The number of hydrogen-bond donors (Lipinski definition) is 1. The third kappa shape index (κ3) is 3.58. The first-order chi connectivity index (χ1) is 12.0. The number of carbonyl (C=O) groups excluding carboxylic acids is 2. The Bertz CT molecular complexity index is 807. The predicted octanol–water partition coefficient (Wildman–Crippen LogP) is 3.81. The number of nitrogens with zero attached hydrogens (tertiary/aromatic N) is 2. The highest BCUT2D eigenvalue weighted by molar-refractivity contribution is 7.13. The van der Waals surface area contributed by atoms with Crippen LogP contribution in [0.1, 0.15) is 56.1 Å². The van der Waals surface area contributed by atoms with Crippen LogP contribution in [0.3, 0.4) is 0 Å². The lowest BCUT2D eigenvalue weighted by atomic mass is 10.1. The summed E-state index contributed by atoms with van der Waals surface area (Å²) in [6.07, 6.45) is 2.94. The largest absolute Gasteiger partial charge is 0.339 e. The minimum atomic E-state index is -0.163. The molecule has 25 heavy (non-hydrogen) atoms.